The summed E-state index contributed by atoms with van der Waals surface area (Å²) in [5, 5.41) is 7.42. The molecule has 0 radical (unpaired) electrons. The van der Waals surface area contributed by atoms with Crippen LogP contribution < -0.4 is 5.32 Å². The Bertz CT molecular complexity index is 849. The van der Waals surface area contributed by atoms with Gasteiger partial charge in [0.1, 0.15) is 11.6 Å². The van der Waals surface area contributed by atoms with Crippen LogP contribution in [0.1, 0.15) is 17.8 Å². The predicted octanol–water partition coefficient (Wildman–Crippen LogP) is 2.18. The van der Waals surface area contributed by atoms with Crippen molar-refractivity contribution in [3.05, 3.63) is 54.2 Å². The maximum atomic E-state index is 13.0. The van der Waals surface area contributed by atoms with Crippen LogP contribution in [0.4, 0.5) is 4.39 Å². The molecule has 7 nitrogen and oxygen atoms in total. The third kappa shape index (κ3) is 3.77. The number of halogens is 2. The van der Waals surface area contributed by atoms with Crippen LogP contribution in [-0.4, -0.2) is 44.2 Å². The molecule has 3 aromatic rings. The second-order valence-corrected chi connectivity index (χ2v) is 6.11. The van der Waals surface area contributed by atoms with Crippen molar-refractivity contribution >= 4 is 12.4 Å². The summed E-state index contributed by atoms with van der Waals surface area (Å²) in [5.41, 5.74) is 0.734. The molecular formula is C17H20ClFN6O. The predicted molar refractivity (Wildman–Crippen MR) is 96.2 cm³/mol. The average molecular weight is 379 g/mol. The van der Waals surface area contributed by atoms with Gasteiger partial charge in [-0.2, -0.15) is 4.98 Å². The van der Waals surface area contributed by atoms with E-state index in [-0.39, 0.29) is 24.3 Å². The molecule has 1 aliphatic rings. The summed E-state index contributed by atoms with van der Waals surface area (Å²) >= 11 is 0. The minimum atomic E-state index is -0.286. The molecule has 0 amide bonds. The normalized spacial score (nSPS) is 17.8. The highest BCUT2D eigenvalue weighted by atomic mass is 35.5. The Hall–Kier alpha value is -2.29. The molecule has 3 heterocycles. The first-order valence-electron chi connectivity index (χ1n) is 8.21. The zero-order valence-corrected chi connectivity index (χ0v) is 15.1. The van der Waals surface area contributed by atoms with Gasteiger partial charge in [0.15, 0.2) is 0 Å². The van der Waals surface area contributed by atoms with E-state index < -0.39 is 0 Å². The SMILES string of the molecule is Cl.Cn1ccnc1C1CNCCN1Cc1nc(-c2ccc(F)cc2)no1. The van der Waals surface area contributed by atoms with E-state index in [2.05, 4.69) is 25.3 Å². The van der Waals surface area contributed by atoms with Crippen LogP contribution in [0.15, 0.2) is 41.2 Å². The Labute approximate surface area is 156 Å². The van der Waals surface area contributed by atoms with E-state index in [4.69, 9.17) is 4.52 Å². The van der Waals surface area contributed by atoms with Gasteiger partial charge in [-0.3, -0.25) is 4.90 Å². The van der Waals surface area contributed by atoms with E-state index >= 15 is 0 Å². The lowest BCUT2D eigenvalue weighted by Crippen LogP contribution is -2.46. The molecule has 1 atom stereocenters. The molecule has 0 saturated carbocycles. The summed E-state index contributed by atoms with van der Waals surface area (Å²) in [6.45, 7) is 3.14. The van der Waals surface area contributed by atoms with Crippen LogP contribution in [0.25, 0.3) is 11.4 Å². The van der Waals surface area contributed by atoms with Gasteiger partial charge in [-0.25, -0.2) is 9.37 Å². The van der Waals surface area contributed by atoms with Crippen LogP contribution in [0.5, 0.6) is 0 Å². The number of benzene rings is 1. The monoisotopic (exact) mass is 378 g/mol. The molecule has 1 unspecified atom stereocenters. The summed E-state index contributed by atoms with van der Waals surface area (Å²) in [5.74, 6) is 1.73. The number of piperazine rings is 1. The third-order valence-electron chi connectivity index (χ3n) is 4.42. The molecule has 1 aromatic carbocycles. The van der Waals surface area contributed by atoms with Crippen LogP contribution in [-0.2, 0) is 13.6 Å². The van der Waals surface area contributed by atoms with Gasteiger partial charge in [-0.15, -0.1) is 12.4 Å². The fourth-order valence-electron chi connectivity index (χ4n) is 3.10. The van der Waals surface area contributed by atoms with Crippen molar-refractivity contribution < 1.29 is 8.91 Å². The second-order valence-electron chi connectivity index (χ2n) is 6.11. The molecule has 138 valence electrons. The highest BCUT2D eigenvalue weighted by molar-refractivity contribution is 5.85. The molecule has 26 heavy (non-hydrogen) atoms. The third-order valence-corrected chi connectivity index (χ3v) is 4.42. The summed E-state index contributed by atoms with van der Waals surface area (Å²) < 4.78 is 20.5. The first kappa shape index (κ1) is 18.5. The van der Waals surface area contributed by atoms with Gasteiger partial charge in [0, 0.05) is 44.6 Å². The summed E-state index contributed by atoms with van der Waals surface area (Å²) in [6.07, 6.45) is 3.75. The number of hydrogen-bond donors (Lipinski definition) is 1. The van der Waals surface area contributed by atoms with Crippen molar-refractivity contribution in [2.45, 2.75) is 12.6 Å². The number of aryl methyl sites for hydroxylation is 1. The Morgan fingerprint density at radius 2 is 2.12 bits per heavy atom. The fraction of sp³-hybridized carbons (Fsp3) is 0.353. The van der Waals surface area contributed by atoms with Gasteiger partial charge in [-0.05, 0) is 24.3 Å². The van der Waals surface area contributed by atoms with Crippen molar-refractivity contribution in [1.82, 2.24) is 29.9 Å². The van der Waals surface area contributed by atoms with Crippen LogP contribution in [0.3, 0.4) is 0 Å². The topological polar surface area (TPSA) is 72.0 Å². The molecule has 1 N–H and O–H groups in total. The first-order chi connectivity index (χ1) is 12.2. The van der Waals surface area contributed by atoms with Crippen molar-refractivity contribution in [3.63, 3.8) is 0 Å². The molecule has 0 bridgehead atoms. The van der Waals surface area contributed by atoms with Gasteiger partial charge < -0.3 is 14.4 Å². The van der Waals surface area contributed by atoms with Gasteiger partial charge >= 0.3 is 0 Å². The lowest BCUT2D eigenvalue weighted by molar-refractivity contribution is 0.128. The molecule has 2 aromatic heterocycles. The van der Waals surface area contributed by atoms with Crippen LogP contribution >= 0.6 is 12.4 Å². The van der Waals surface area contributed by atoms with E-state index in [9.17, 15) is 4.39 Å². The number of rotatable bonds is 4. The van der Waals surface area contributed by atoms with Crippen LogP contribution in [0.2, 0.25) is 0 Å². The number of nitrogens with zero attached hydrogens (tertiary/aromatic N) is 5. The quantitative estimate of drug-likeness (QED) is 0.750. The van der Waals surface area contributed by atoms with Crippen molar-refractivity contribution in [3.8, 4) is 11.4 Å². The maximum Gasteiger partial charge on any atom is 0.241 e. The number of aromatic nitrogens is 4. The minimum Gasteiger partial charge on any atom is -0.338 e. The first-order valence-corrected chi connectivity index (χ1v) is 8.21. The summed E-state index contributed by atoms with van der Waals surface area (Å²) in [6, 6.07) is 6.21. The number of imidazole rings is 1. The van der Waals surface area contributed by atoms with Gasteiger partial charge in [-0.1, -0.05) is 5.16 Å². The van der Waals surface area contributed by atoms with Crippen molar-refractivity contribution in [2.75, 3.05) is 19.6 Å². The Morgan fingerprint density at radius 3 is 2.85 bits per heavy atom. The molecule has 1 fully saturated rings. The smallest absolute Gasteiger partial charge is 0.241 e. The molecule has 0 spiro atoms. The lowest BCUT2D eigenvalue weighted by Gasteiger charge is -2.34. The standard InChI is InChI=1S/C17H19FN6O.ClH/c1-23-8-7-20-17(23)14-10-19-6-9-24(14)11-15-21-16(22-25-15)12-2-4-13(18)5-3-12;/h2-5,7-8,14,19H,6,9-11H2,1H3;1H. The molecule has 9 heteroatoms. The van der Waals surface area contributed by atoms with Crippen molar-refractivity contribution in [2.24, 2.45) is 7.05 Å². The Morgan fingerprint density at radius 1 is 1.31 bits per heavy atom. The molecular weight excluding hydrogens is 359 g/mol. The molecule has 4 rings (SSSR count). The van der Waals surface area contributed by atoms with Gasteiger partial charge in [0.2, 0.25) is 11.7 Å². The zero-order chi connectivity index (χ0) is 17.2. The molecule has 1 aliphatic heterocycles. The lowest BCUT2D eigenvalue weighted by atomic mass is 10.1. The van der Waals surface area contributed by atoms with E-state index in [1.54, 1.807) is 18.3 Å². The molecule has 1 saturated heterocycles. The second kappa shape index (κ2) is 7.94. The Kier molecular flexibility index (Phi) is 5.65. The van der Waals surface area contributed by atoms with Crippen LogP contribution in [0, 0.1) is 5.82 Å². The number of hydrogen-bond acceptors (Lipinski definition) is 6. The fourth-order valence-corrected chi connectivity index (χ4v) is 3.10. The number of nitrogens with one attached hydrogen (secondary N) is 1. The highest BCUT2D eigenvalue weighted by Gasteiger charge is 2.28. The summed E-state index contributed by atoms with van der Waals surface area (Å²) in [4.78, 5) is 11.2. The summed E-state index contributed by atoms with van der Waals surface area (Å²) in [7, 11) is 1.99. The van der Waals surface area contributed by atoms with E-state index in [1.807, 2.05) is 17.8 Å². The van der Waals surface area contributed by atoms with E-state index in [0.717, 1.165) is 31.0 Å². The Balaban J connectivity index is 0.00000196. The average Bonchev–Trinajstić information content (AvgIpc) is 3.25. The van der Waals surface area contributed by atoms with Gasteiger partial charge in [0.25, 0.3) is 0 Å². The highest BCUT2D eigenvalue weighted by Crippen LogP contribution is 2.23. The molecule has 0 aliphatic carbocycles. The van der Waals surface area contributed by atoms with Gasteiger partial charge in [0.05, 0.1) is 12.6 Å². The van der Waals surface area contributed by atoms with E-state index in [0.29, 0.717) is 18.3 Å². The minimum absolute atomic E-state index is 0. The largest absolute Gasteiger partial charge is 0.338 e. The van der Waals surface area contributed by atoms with Crippen molar-refractivity contribution in [1.29, 1.82) is 0 Å². The van der Waals surface area contributed by atoms with E-state index in [1.165, 1.54) is 12.1 Å². The maximum absolute atomic E-state index is 13.0. The zero-order valence-electron chi connectivity index (χ0n) is 14.3.